The molecule has 0 saturated carbocycles. The third-order valence-electron chi connectivity index (χ3n) is 5.77. The van der Waals surface area contributed by atoms with Crippen LogP contribution in [0.2, 0.25) is 5.02 Å². The summed E-state index contributed by atoms with van der Waals surface area (Å²) in [5, 5.41) is 7.96. The first-order valence-electron chi connectivity index (χ1n) is 12.5. The Balaban J connectivity index is 1.44. The molecule has 5 N–H and O–H groups in total. The monoisotopic (exact) mass is 602 g/mol. The van der Waals surface area contributed by atoms with Crippen molar-refractivity contribution in [1.82, 2.24) is 5.32 Å². The van der Waals surface area contributed by atoms with E-state index in [1.54, 1.807) is 72.8 Å². The lowest BCUT2D eigenvalue weighted by molar-refractivity contribution is -0.114. The number of rotatable bonds is 10. The number of para-hydroxylation sites is 1. The maximum Gasteiger partial charge on any atom is 0.272 e. The molecule has 0 spiro atoms. The second-order valence-corrected chi connectivity index (χ2v) is 10.2. The number of hydrogen-bond donors (Lipinski definition) is 4. The number of amides is 4. The first kappa shape index (κ1) is 30.0. The predicted octanol–water partition coefficient (Wildman–Crippen LogP) is 5.72. The number of benzene rings is 4. The number of carbonyl (C=O) groups excluding carboxylic acids is 4. The van der Waals surface area contributed by atoms with E-state index in [1.807, 2.05) is 0 Å². The van der Waals surface area contributed by atoms with Gasteiger partial charge < -0.3 is 21.7 Å². The maximum absolute atomic E-state index is 14.5. The van der Waals surface area contributed by atoms with Crippen LogP contribution in [0.3, 0.4) is 0 Å². The first-order chi connectivity index (χ1) is 20.2. The van der Waals surface area contributed by atoms with Crippen molar-refractivity contribution in [2.24, 2.45) is 5.73 Å². The molecule has 0 aliphatic carbocycles. The molecule has 0 aliphatic heterocycles. The van der Waals surface area contributed by atoms with Crippen LogP contribution in [0.25, 0.3) is 6.08 Å². The highest BCUT2D eigenvalue weighted by atomic mass is 35.5. The topological polar surface area (TPSA) is 130 Å². The summed E-state index contributed by atoms with van der Waals surface area (Å²) in [6, 6.07) is 25.4. The molecule has 4 aromatic carbocycles. The average molecular weight is 603 g/mol. The number of nitrogens with one attached hydrogen (secondary N) is 3. The lowest BCUT2D eigenvalue weighted by Crippen LogP contribution is -2.30. The van der Waals surface area contributed by atoms with Gasteiger partial charge in [-0.1, -0.05) is 48.0 Å². The van der Waals surface area contributed by atoms with Crippen molar-refractivity contribution in [2.45, 2.75) is 4.90 Å². The predicted molar refractivity (Wildman–Crippen MR) is 163 cm³/mol. The lowest BCUT2D eigenvalue weighted by Gasteiger charge is -2.12. The van der Waals surface area contributed by atoms with Crippen LogP contribution in [0, 0.1) is 5.82 Å². The number of hydrogen-bond acceptors (Lipinski definition) is 5. The lowest BCUT2D eigenvalue weighted by atomic mass is 10.1. The van der Waals surface area contributed by atoms with E-state index in [4.69, 9.17) is 17.3 Å². The zero-order chi connectivity index (χ0) is 30.1. The number of thioether (sulfide) groups is 1. The zero-order valence-electron chi connectivity index (χ0n) is 21.9. The zero-order valence-corrected chi connectivity index (χ0v) is 23.5. The quantitative estimate of drug-likeness (QED) is 0.136. The SMILES string of the molecule is NC(=O)c1ccccc1NC(=O)CSc1ccc(NC(=O)/C(=C/c2c(F)cccc2Cl)NC(=O)c2ccccc2)cc1. The van der Waals surface area contributed by atoms with Gasteiger partial charge in [0, 0.05) is 21.7 Å². The van der Waals surface area contributed by atoms with Gasteiger partial charge in [-0.2, -0.15) is 0 Å². The van der Waals surface area contributed by atoms with E-state index < -0.39 is 23.5 Å². The molecule has 4 rings (SSSR count). The fourth-order valence-electron chi connectivity index (χ4n) is 3.71. The Kier molecular flexibility index (Phi) is 10.1. The molecule has 0 saturated heterocycles. The Morgan fingerprint density at radius 2 is 1.52 bits per heavy atom. The van der Waals surface area contributed by atoms with Gasteiger partial charge in [0.05, 0.1) is 22.0 Å². The summed E-state index contributed by atoms with van der Waals surface area (Å²) in [6.45, 7) is 0. The van der Waals surface area contributed by atoms with Crippen molar-refractivity contribution in [3.8, 4) is 0 Å². The summed E-state index contributed by atoms with van der Waals surface area (Å²) < 4.78 is 14.5. The highest BCUT2D eigenvalue weighted by Crippen LogP contribution is 2.24. The smallest absolute Gasteiger partial charge is 0.272 e. The molecule has 0 aliphatic rings. The molecule has 0 unspecified atom stereocenters. The molecule has 0 fully saturated rings. The number of nitrogens with two attached hydrogens (primary N) is 1. The van der Waals surface area contributed by atoms with E-state index in [0.717, 1.165) is 4.90 Å². The fraction of sp³-hybridized carbons (Fsp3) is 0.0323. The molecular formula is C31H24ClFN4O4S. The van der Waals surface area contributed by atoms with Gasteiger partial charge in [0.25, 0.3) is 17.7 Å². The Hall–Kier alpha value is -4.93. The molecule has 11 heteroatoms. The van der Waals surface area contributed by atoms with Gasteiger partial charge >= 0.3 is 0 Å². The van der Waals surface area contributed by atoms with E-state index >= 15 is 0 Å². The van der Waals surface area contributed by atoms with Crippen molar-refractivity contribution in [3.05, 3.63) is 130 Å². The van der Waals surface area contributed by atoms with E-state index in [0.29, 0.717) is 16.9 Å². The molecule has 4 aromatic rings. The normalized spacial score (nSPS) is 11.0. The van der Waals surface area contributed by atoms with Crippen LogP contribution in [0.1, 0.15) is 26.3 Å². The van der Waals surface area contributed by atoms with Crippen LogP contribution in [0.4, 0.5) is 15.8 Å². The summed E-state index contributed by atoms with van der Waals surface area (Å²) in [5.74, 6) is -2.85. The van der Waals surface area contributed by atoms with Gasteiger partial charge in [-0.05, 0) is 66.7 Å². The summed E-state index contributed by atoms with van der Waals surface area (Å²) in [6.07, 6.45) is 1.17. The largest absolute Gasteiger partial charge is 0.366 e. The van der Waals surface area contributed by atoms with Crippen LogP contribution in [0.15, 0.2) is 108 Å². The molecule has 0 heterocycles. The Morgan fingerprint density at radius 3 is 2.21 bits per heavy atom. The van der Waals surface area contributed by atoms with E-state index in [9.17, 15) is 23.6 Å². The minimum Gasteiger partial charge on any atom is -0.366 e. The Labute approximate surface area is 250 Å². The van der Waals surface area contributed by atoms with Gasteiger partial charge in [-0.3, -0.25) is 19.2 Å². The van der Waals surface area contributed by atoms with Crippen LogP contribution >= 0.6 is 23.4 Å². The molecule has 4 amide bonds. The number of primary amides is 1. The third-order valence-corrected chi connectivity index (χ3v) is 7.11. The number of carbonyl (C=O) groups is 4. The van der Waals surface area contributed by atoms with Crippen molar-refractivity contribution in [2.75, 3.05) is 16.4 Å². The van der Waals surface area contributed by atoms with Crippen molar-refractivity contribution >= 4 is 64.4 Å². The highest BCUT2D eigenvalue weighted by molar-refractivity contribution is 8.00. The van der Waals surface area contributed by atoms with Gasteiger partial charge in [0.2, 0.25) is 5.91 Å². The molecular weight excluding hydrogens is 579 g/mol. The second-order valence-electron chi connectivity index (χ2n) is 8.74. The Morgan fingerprint density at radius 1 is 0.833 bits per heavy atom. The summed E-state index contributed by atoms with van der Waals surface area (Å²) in [7, 11) is 0. The number of anilines is 2. The Bertz CT molecular complexity index is 1640. The van der Waals surface area contributed by atoms with Gasteiger partial charge in [0.1, 0.15) is 11.5 Å². The molecule has 0 bridgehead atoms. The van der Waals surface area contributed by atoms with Crippen LogP contribution in [-0.2, 0) is 9.59 Å². The summed E-state index contributed by atoms with van der Waals surface area (Å²) >= 11 is 7.39. The van der Waals surface area contributed by atoms with Crippen LogP contribution < -0.4 is 21.7 Å². The number of halogens is 2. The van der Waals surface area contributed by atoms with Crippen molar-refractivity contribution < 1.29 is 23.6 Å². The van der Waals surface area contributed by atoms with Crippen LogP contribution in [0.5, 0.6) is 0 Å². The minimum atomic E-state index is -0.702. The van der Waals surface area contributed by atoms with Gasteiger partial charge in [-0.25, -0.2) is 4.39 Å². The molecule has 0 aromatic heterocycles. The molecule has 42 heavy (non-hydrogen) atoms. The minimum absolute atomic E-state index is 0.0545. The van der Waals surface area contributed by atoms with Crippen molar-refractivity contribution in [1.29, 1.82) is 0 Å². The first-order valence-corrected chi connectivity index (χ1v) is 13.8. The summed E-state index contributed by atoms with van der Waals surface area (Å²) in [5.41, 5.74) is 6.31. The molecule has 0 radical (unpaired) electrons. The highest BCUT2D eigenvalue weighted by Gasteiger charge is 2.17. The molecule has 212 valence electrons. The van der Waals surface area contributed by atoms with E-state index in [1.165, 1.54) is 42.1 Å². The average Bonchev–Trinajstić information content (AvgIpc) is 2.98. The fourth-order valence-corrected chi connectivity index (χ4v) is 4.63. The summed E-state index contributed by atoms with van der Waals surface area (Å²) in [4.78, 5) is 50.7. The van der Waals surface area contributed by atoms with E-state index in [2.05, 4.69) is 16.0 Å². The van der Waals surface area contributed by atoms with Gasteiger partial charge in [-0.15, -0.1) is 11.8 Å². The second kappa shape index (κ2) is 14.1. The van der Waals surface area contributed by atoms with Crippen LogP contribution in [-0.4, -0.2) is 29.4 Å². The molecule has 8 nitrogen and oxygen atoms in total. The maximum atomic E-state index is 14.5. The standard InChI is InChI=1S/C31H24ClFN4O4S/c32-24-10-6-11-25(33)23(24)17-27(37-30(40)19-7-2-1-3-8-19)31(41)35-20-13-15-21(16-14-20)42-18-28(38)36-26-12-5-4-9-22(26)29(34)39/h1-17H,18H2,(H2,34,39)(H,35,41)(H,36,38)(H,37,40)/b27-17-. The van der Waals surface area contributed by atoms with Crippen molar-refractivity contribution in [3.63, 3.8) is 0 Å². The third kappa shape index (κ3) is 8.06. The molecule has 0 atom stereocenters. The van der Waals surface area contributed by atoms with E-state index in [-0.39, 0.29) is 33.5 Å². The van der Waals surface area contributed by atoms with Gasteiger partial charge in [0.15, 0.2) is 0 Å².